The second kappa shape index (κ2) is 13.9. The van der Waals surface area contributed by atoms with Gasteiger partial charge in [0.05, 0.1) is 33.8 Å². The molecule has 3 heterocycles. The van der Waals surface area contributed by atoms with Crippen LogP contribution in [0, 0.1) is 7.14 Å². The van der Waals surface area contributed by atoms with Gasteiger partial charge in [-0.1, -0.05) is 6.92 Å². The molecule has 2 aromatic heterocycles. The Labute approximate surface area is 255 Å². The van der Waals surface area contributed by atoms with Gasteiger partial charge in [0.1, 0.15) is 24.1 Å². The molecule has 0 spiro atoms. The summed E-state index contributed by atoms with van der Waals surface area (Å²) in [6.07, 6.45) is 0.721. The van der Waals surface area contributed by atoms with E-state index in [9.17, 15) is 24.3 Å². The first-order valence-corrected chi connectivity index (χ1v) is 14.7. The predicted molar refractivity (Wildman–Crippen MR) is 161 cm³/mol. The lowest BCUT2D eigenvalue weighted by atomic mass is 10.2. The predicted octanol–water partition coefficient (Wildman–Crippen LogP) is 1.02. The molecule has 3 atom stereocenters. The van der Waals surface area contributed by atoms with Crippen LogP contribution >= 0.6 is 45.2 Å². The molecule has 0 saturated carbocycles. The van der Waals surface area contributed by atoms with Crippen molar-refractivity contribution in [3.8, 4) is 0 Å². The van der Waals surface area contributed by atoms with Crippen LogP contribution in [0.2, 0.25) is 0 Å². The van der Waals surface area contributed by atoms with Crippen molar-refractivity contribution in [2.24, 2.45) is 0 Å². The minimum Gasteiger partial charge on any atom is -0.459 e. The van der Waals surface area contributed by atoms with E-state index in [2.05, 4.69) is 42.9 Å². The van der Waals surface area contributed by atoms with Crippen LogP contribution in [0.25, 0.3) is 11.0 Å². The van der Waals surface area contributed by atoms with Crippen LogP contribution < -0.4 is 16.6 Å². The third-order valence-electron chi connectivity index (χ3n) is 6.41. The molecule has 4 rings (SSSR count). The molecule has 1 aromatic carbocycles. The van der Waals surface area contributed by atoms with E-state index >= 15 is 0 Å². The van der Waals surface area contributed by atoms with E-state index in [1.165, 1.54) is 17.0 Å². The van der Waals surface area contributed by atoms with E-state index in [4.69, 9.17) is 9.47 Å². The zero-order valence-corrected chi connectivity index (χ0v) is 25.8. The first-order valence-electron chi connectivity index (χ1n) is 12.6. The molecule has 0 bridgehead atoms. The SMILES string of the molecule is CCN(CCNC(=O)c1cnc2cc(I)ccc2n1)CCC(=O)O[C@H]1C[C@H](n2cc(I)c(=O)[nH]c2=O)O[C@@H]1CO. The Morgan fingerprint density at radius 3 is 2.83 bits per heavy atom. The Kier molecular flexibility index (Phi) is 10.6. The number of rotatable bonds is 11. The number of aliphatic hydroxyl groups excluding tert-OH is 1. The number of H-pyrrole nitrogens is 1. The fraction of sp³-hybridized carbons (Fsp3) is 0.440. The van der Waals surface area contributed by atoms with E-state index < -0.39 is 42.3 Å². The number of hydrogen-bond donors (Lipinski definition) is 3. The summed E-state index contributed by atoms with van der Waals surface area (Å²) in [5.41, 5.74) is 0.447. The quantitative estimate of drug-likeness (QED) is 0.189. The molecule has 1 aliphatic heterocycles. The Balaban J connectivity index is 1.24. The number of nitrogens with zero attached hydrogens (tertiary/aromatic N) is 4. The average Bonchev–Trinajstić information content (AvgIpc) is 3.34. The van der Waals surface area contributed by atoms with Crippen LogP contribution in [-0.2, 0) is 14.3 Å². The van der Waals surface area contributed by atoms with E-state index in [1.807, 2.05) is 30.0 Å². The summed E-state index contributed by atoms with van der Waals surface area (Å²) >= 11 is 4.00. The minimum absolute atomic E-state index is 0.0898. The van der Waals surface area contributed by atoms with E-state index in [0.29, 0.717) is 35.3 Å². The molecule has 3 N–H and O–H groups in total. The van der Waals surface area contributed by atoms with Gasteiger partial charge in [-0.3, -0.25) is 28.9 Å². The lowest BCUT2D eigenvalue weighted by Gasteiger charge is -2.21. The Hall–Kier alpha value is -2.48. The molecule has 0 unspecified atom stereocenters. The molecule has 1 aliphatic rings. The highest BCUT2D eigenvalue weighted by Gasteiger charge is 2.39. The number of hydrogen-bond acceptors (Lipinski definition) is 10. The van der Waals surface area contributed by atoms with Gasteiger partial charge in [0.25, 0.3) is 11.5 Å². The van der Waals surface area contributed by atoms with Crippen LogP contribution in [-0.4, -0.2) is 86.4 Å². The van der Waals surface area contributed by atoms with Gasteiger partial charge >= 0.3 is 11.7 Å². The summed E-state index contributed by atoms with van der Waals surface area (Å²) in [6.45, 7) is 3.47. The van der Waals surface area contributed by atoms with Gasteiger partial charge in [0, 0.05) is 35.8 Å². The number of ether oxygens (including phenoxy) is 2. The third kappa shape index (κ3) is 7.62. The van der Waals surface area contributed by atoms with Crippen LogP contribution in [0.3, 0.4) is 0 Å². The number of benzene rings is 1. The number of halogens is 2. The molecular formula is C25H28I2N6O7. The summed E-state index contributed by atoms with van der Waals surface area (Å²) < 4.78 is 13.9. The molecule has 40 heavy (non-hydrogen) atoms. The number of amides is 1. The van der Waals surface area contributed by atoms with Crippen molar-refractivity contribution in [3.05, 3.63) is 64.3 Å². The summed E-state index contributed by atoms with van der Waals surface area (Å²) in [6, 6.07) is 5.62. The topological polar surface area (TPSA) is 169 Å². The maximum atomic E-state index is 12.6. The molecular weight excluding hydrogens is 750 g/mol. The molecule has 0 radical (unpaired) electrons. The van der Waals surface area contributed by atoms with Crippen molar-refractivity contribution in [1.82, 2.24) is 29.7 Å². The lowest BCUT2D eigenvalue weighted by Crippen LogP contribution is -2.37. The minimum atomic E-state index is -0.801. The molecule has 13 nitrogen and oxygen atoms in total. The maximum absolute atomic E-state index is 12.6. The maximum Gasteiger partial charge on any atom is 0.330 e. The first kappa shape index (κ1) is 30.5. The van der Waals surface area contributed by atoms with Gasteiger partial charge in [-0.05, 0) is 69.9 Å². The standard InChI is InChI=1S/C25H28I2N6O7/c1-2-32(8-6-28-24(37)18-11-29-17-9-14(26)3-4-16(17)30-18)7-5-22(35)40-19-10-21(39-20(19)13-34)33-12-15(27)23(36)31-25(33)38/h3-4,9,11-12,19-21,34H,2,5-8,10,13H2,1H3,(H,28,37)(H,31,36,38)/t19-,20+,21+/m0/s1. The van der Waals surface area contributed by atoms with Gasteiger partial charge in [-0.15, -0.1) is 0 Å². The average molecular weight is 778 g/mol. The highest BCUT2D eigenvalue weighted by molar-refractivity contribution is 14.1. The number of likely N-dealkylation sites (N-methyl/N-ethyl adjacent to an activating group) is 1. The highest BCUT2D eigenvalue weighted by atomic mass is 127. The Morgan fingerprint density at radius 1 is 1.27 bits per heavy atom. The van der Waals surface area contributed by atoms with Crippen LogP contribution in [0.4, 0.5) is 0 Å². The lowest BCUT2D eigenvalue weighted by molar-refractivity contribution is -0.153. The molecule has 1 fully saturated rings. The third-order valence-corrected chi connectivity index (χ3v) is 7.85. The van der Waals surface area contributed by atoms with Gasteiger partial charge in [0.15, 0.2) is 0 Å². The highest BCUT2D eigenvalue weighted by Crippen LogP contribution is 2.30. The van der Waals surface area contributed by atoms with Crippen molar-refractivity contribution in [3.63, 3.8) is 0 Å². The van der Waals surface area contributed by atoms with Crippen molar-refractivity contribution >= 4 is 68.1 Å². The van der Waals surface area contributed by atoms with Crippen LogP contribution in [0.5, 0.6) is 0 Å². The smallest absolute Gasteiger partial charge is 0.330 e. The summed E-state index contributed by atoms with van der Waals surface area (Å²) in [7, 11) is 0. The van der Waals surface area contributed by atoms with Gasteiger partial charge in [-0.2, -0.15) is 0 Å². The second-order valence-electron chi connectivity index (χ2n) is 9.05. The van der Waals surface area contributed by atoms with Crippen LogP contribution in [0.15, 0.2) is 40.2 Å². The molecule has 1 saturated heterocycles. The molecule has 1 amide bonds. The zero-order chi connectivity index (χ0) is 28.8. The molecule has 3 aromatic rings. The summed E-state index contributed by atoms with van der Waals surface area (Å²) in [5.74, 6) is -0.801. The Bertz CT molecular complexity index is 1500. The van der Waals surface area contributed by atoms with Crippen molar-refractivity contribution < 1.29 is 24.2 Å². The summed E-state index contributed by atoms with van der Waals surface area (Å²) in [5, 5.41) is 12.5. The number of aliphatic hydroxyl groups is 1. The number of esters is 1. The molecule has 214 valence electrons. The Morgan fingerprint density at radius 2 is 2.08 bits per heavy atom. The fourth-order valence-electron chi connectivity index (χ4n) is 4.25. The summed E-state index contributed by atoms with van der Waals surface area (Å²) in [4.78, 5) is 61.9. The van der Waals surface area contributed by atoms with E-state index in [0.717, 1.165) is 9.09 Å². The zero-order valence-electron chi connectivity index (χ0n) is 21.5. The largest absolute Gasteiger partial charge is 0.459 e. The van der Waals surface area contributed by atoms with Gasteiger partial charge in [-0.25, -0.2) is 9.78 Å². The van der Waals surface area contributed by atoms with Crippen molar-refractivity contribution in [1.29, 1.82) is 0 Å². The molecule has 0 aliphatic carbocycles. The number of aromatic nitrogens is 4. The monoisotopic (exact) mass is 778 g/mol. The van der Waals surface area contributed by atoms with Gasteiger partial charge in [0.2, 0.25) is 0 Å². The van der Waals surface area contributed by atoms with Crippen molar-refractivity contribution in [2.75, 3.05) is 32.8 Å². The number of carbonyl (C=O) groups excluding carboxylic acids is 2. The normalized spacial score (nSPS) is 18.8. The second-order valence-corrected chi connectivity index (χ2v) is 11.5. The number of carbonyl (C=O) groups is 2. The van der Waals surface area contributed by atoms with Crippen molar-refractivity contribution in [2.45, 2.75) is 38.2 Å². The molecule has 15 heteroatoms. The number of aromatic amines is 1. The number of fused-ring (bicyclic) bond motifs is 1. The van der Waals surface area contributed by atoms with Gasteiger partial charge < -0.3 is 24.8 Å². The van der Waals surface area contributed by atoms with Crippen LogP contribution in [0.1, 0.15) is 36.5 Å². The van der Waals surface area contributed by atoms with E-state index in [1.54, 1.807) is 22.6 Å². The number of nitrogens with one attached hydrogen (secondary N) is 2. The van der Waals surface area contributed by atoms with E-state index in [-0.39, 0.29) is 24.4 Å². The first-order chi connectivity index (χ1) is 19.2. The fourth-order valence-corrected chi connectivity index (χ4v) is 5.16.